The number of piperidine rings is 1. The van der Waals surface area contributed by atoms with Gasteiger partial charge in [-0.05, 0) is 36.6 Å². The standard InChI is InChI=1S/C17H16F5NO2/c18-15(17(21)22)9-4-5-12-10(7-9)11(8-13(25-12)16(19)20)23-6-2-1-3-14(23)24/h4-5,7-8,13,15-17H,1-3,6H2. The highest BCUT2D eigenvalue weighted by Crippen LogP contribution is 2.39. The summed E-state index contributed by atoms with van der Waals surface area (Å²) in [7, 11) is 0. The van der Waals surface area contributed by atoms with Crippen molar-refractivity contribution in [2.45, 2.75) is 44.4 Å². The smallest absolute Gasteiger partial charge is 0.278 e. The van der Waals surface area contributed by atoms with Crippen LogP contribution in [0, 0.1) is 0 Å². The third kappa shape index (κ3) is 3.48. The van der Waals surface area contributed by atoms with Crippen LogP contribution < -0.4 is 4.74 Å². The van der Waals surface area contributed by atoms with Crippen LogP contribution in [0.1, 0.15) is 36.6 Å². The zero-order valence-corrected chi connectivity index (χ0v) is 13.1. The molecule has 1 aromatic rings. The molecule has 1 amide bonds. The Kier molecular flexibility index (Phi) is 4.96. The van der Waals surface area contributed by atoms with E-state index in [0.717, 1.165) is 18.2 Å². The van der Waals surface area contributed by atoms with Crippen molar-refractivity contribution in [3.63, 3.8) is 0 Å². The van der Waals surface area contributed by atoms with E-state index in [4.69, 9.17) is 4.74 Å². The Balaban J connectivity index is 2.05. The van der Waals surface area contributed by atoms with E-state index in [2.05, 4.69) is 0 Å². The van der Waals surface area contributed by atoms with Crippen LogP contribution in [0.3, 0.4) is 0 Å². The van der Waals surface area contributed by atoms with Crippen molar-refractivity contribution < 1.29 is 31.5 Å². The molecule has 0 spiro atoms. The fourth-order valence-electron chi connectivity index (χ4n) is 3.01. The lowest BCUT2D eigenvalue weighted by atomic mass is 9.98. The van der Waals surface area contributed by atoms with Crippen molar-refractivity contribution in [3.05, 3.63) is 35.4 Å². The molecule has 2 unspecified atom stereocenters. The molecular formula is C17H16F5NO2. The number of ether oxygens (including phenoxy) is 1. The Morgan fingerprint density at radius 2 is 1.88 bits per heavy atom. The van der Waals surface area contributed by atoms with Crippen LogP contribution in [0.15, 0.2) is 24.3 Å². The van der Waals surface area contributed by atoms with E-state index in [-0.39, 0.29) is 34.9 Å². The Morgan fingerprint density at radius 3 is 2.52 bits per heavy atom. The first-order valence-corrected chi connectivity index (χ1v) is 7.92. The molecule has 0 saturated carbocycles. The minimum atomic E-state index is -3.21. The molecule has 0 aliphatic carbocycles. The van der Waals surface area contributed by atoms with Gasteiger partial charge in [0.15, 0.2) is 12.3 Å². The van der Waals surface area contributed by atoms with E-state index in [1.54, 1.807) is 0 Å². The molecule has 3 rings (SSSR count). The van der Waals surface area contributed by atoms with Gasteiger partial charge in [-0.25, -0.2) is 22.0 Å². The molecular weight excluding hydrogens is 345 g/mol. The van der Waals surface area contributed by atoms with Crippen LogP contribution in [0.4, 0.5) is 22.0 Å². The third-order valence-electron chi connectivity index (χ3n) is 4.27. The van der Waals surface area contributed by atoms with Crippen molar-refractivity contribution >= 4 is 11.6 Å². The number of carbonyl (C=O) groups excluding carboxylic acids is 1. The average molecular weight is 361 g/mol. The summed E-state index contributed by atoms with van der Waals surface area (Å²) in [5, 5.41) is 0. The van der Waals surface area contributed by atoms with Crippen molar-refractivity contribution in [2.75, 3.05) is 6.54 Å². The number of nitrogens with zero attached hydrogens (tertiary/aromatic N) is 1. The molecule has 1 aromatic carbocycles. The topological polar surface area (TPSA) is 29.5 Å². The van der Waals surface area contributed by atoms with Crippen LogP contribution in [0.5, 0.6) is 5.75 Å². The number of rotatable bonds is 4. The van der Waals surface area contributed by atoms with Crippen LogP contribution >= 0.6 is 0 Å². The highest BCUT2D eigenvalue weighted by atomic mass is 19.3. The maximum atomic E-state index is 13.7. The summed E-state index contributed by atoms with van der Waals surface area (Å²) in [5.41, 5.74) is 0.0516. The Bertz CT molecular complexity index is 692. The van der Waals surface area contributed by atoms with Gasteiger partial charge in [-0.3, -0.25) is 4.79 Å². The van der Waals surface area contributed by atoms with Gasteiger partial charge in [-0.15, -0.1) is 0 Å². The number of fused-ring (bicyclic) bond motifs is 1. The number of halogens is 5. The van der Waals surface area contributed by atoms with E-state index in [1.807, 2.05) is 0 Å². The van der Waals surface area contributed by atoms with Gasteiger partial charge in [0.2, 0.25) is 5.91 Å². The number of hydrogen-bond donors (Lipinski definition) is 0. The molecule has 1 fully saturated rings. The van der Waals surface area contributed by atoms with Crippen LogP contribution in [-0.2, 0) is 4.79 Å². The van der Waals surface area contributed by atoms with Crippen molar-refractivity contribution in [3.8, 4) is 5.75 Å². The van der Waals surface area contributed by atoms with Gasteiger partial charge in [0.05, 0.1) is 5.70 Å². The molecule has 0 aromatic heterocycles. The summed E-state index contributed by atoms with van der Waals surface area (Å²) in [6.07, 6.45) is -7.32. The average Bonchev–Trinajstić information content (AvgIpc) is 2.60. The zero-order valence-electron chi connectivity index (χ0n) is 13.1. The quantitative estimate of drug-likeness (QED) is 0.747. The molecule has 0 bridgehead atoms. The predicted octanol–water partition coefficient (Wildman–Crippen LogP) is 4.34. The normalized spacial score (nSPS) is 21.9. The molecule has 2 aliphatic rings. The van der Waals surface area contributed by atoms with E-state index >= 15 is 0 Å². The van der Waals surface area contributed by atoms with Gasteiger partial charge in [0.25, 0.3) is 12.9 Å². The minimum absolute atomic E-state index is 0.0198. The van der Waals surface area contributed by atoms with Gasteiger partial charge in [0.1, 0.15) is 5.75 Å². The molecule has 2 aliphatic heterocycles. The molecule has 8 heteroatoms. The van der Waals surface area contributed by atoms with E-state index < -0.39 is 25.1 Å². The fourth-order valence-corrected chi connectivity index (χ4v) is 3.01. The molecule has 3 nitrogen and oxygen atoms in total. The molecule has 2 heterocycles. The highest BCUT2D eigenvalue weighted by molar-refractivity contribution is 5.89. The summed E-state index contributed by atoms with van der Waals surface area (Å²) in [6, 6.07) is 3.41. The zero-order chi connectivity index (χ0) is 18.1. The predicted molar refractivity (Wildman–Crippen MR) is 80.3 cm³/mol. The van der Waals surface area contributed by atoms with Crippen molar-refractivity contribution in [2.24, 2.45) is 0 Å². The second-order valence-electron chi connectivity index (χ2n) is 5.96. The van der Waals surface area contributed by atoms with Crippen molar-refractivity contribution in [1.82, 2.24) is 4.90 Å². The summed E-state index contributed by atoms with van der Waals surface area (Å²) in [5.74, 6) is -0.221. The van der Waals surface area contributed by atoms with Crippen LogP contribution in [0.25, 0.3) is 5.70 Å². The number of hydrogen-bond acceptors (Lipinski definition) is 2. The second-order valence-corrected chi connectivity index (χ2v) is 5.96. The monoisotopic (exact) mass is 361 g/mol. The lowest BCUT2D eigenvalue weighted by molar-refractivity contribution is -0.129. The third-order valence-corrected chi connectivity index (χ3v) is 4.27. The lowest BCUT2D eigenvalue weighted by Crippen LogP contribution is -2.37. The van der Waals surface area contributed by atoms with Crippen molar-refractivity contribution in [1.29, 1.82) is 0 Å². The molecule has 1 saturated heterocycles. The van der Waals surface area contributed by atoms with Crippen LogP contribution in [-0.4, -0.2) is 36.3 Å². The number of likely N-dealkylation sites (tertiary alicyclic amines) is 1. The maximum Gasteiger partial charge on any atom is 0.278 e. The first kappa shape index (κ1) is 17.7. The Morgan fingerprint density at radius 1 is 1.12 bits per heavy atom. The van der Waals surface area contributed by atoms with E-state index in [0.29, 0.717) is 19.4 Å². The second kappa shape index (κ2) is 7.01. The van der Waals surface area contributed by atoms with E-state index in [1.165, 1.54) is 11.0 Å². The molecule has 136 valence electrons. The first-order chi connectivity index (χ1) is 11.9. The van der Waals surface area contributed by atoms with Gasteiger partial charge >= 0.3 is 0 Å². The molecule has 0 N–H and O–H groups in total. The highest BCUT2D eigenvalue weighted by Gasteiger charge is 2.33. The van der Waals surface area contributed by atoms with Crippen LogP contribution in [0.2, 0.25) is 0 Å². The summed E-state index contributed by atoms with van der Waals surface area (Å²) in [6.45, 7) is 0.332. The van der Waals surface area contributed by atoms with Gasteiger partial charge in [0, 0.05) is 18.5 Å². The Hall–Kier alpha value is -2.12. The molecule has 2 atom stereocenters. The fraction of sp³-hybridized carbons (Fsp3) is 0.471. The number of amides is 1. The minimum Gasteiger partial charge on any atom is -0.480 e. The number of carbonyl (C=O) groups is 1. The molecule has 25 heavy (non-hydrogen) atoms. The maximum absolute atomic E-state index is 13.7. The summed E-state index contributed by atoms with van der Waals surface area (Å²) < 4.78 is 70.4. The van der Waals surface area contributed by atoms with Gasteiger partial charge in [-0.1, -0.05) is 6.07 Å². The number of alkyl halides is 5. The van der Waals surface area contributed by atoms with E-state index in [9.17, 15) is 26.7 Å². The first-order valence-electron chi connectivity index (χ1n) is 7.92. The SMILES string of the molecule is O=C1CCCCN1C1=CC(C(F)F)Oc2ccc(C(F)C(F)F)cc21. The summed E-state index contributed by atoms with van der Waals surface area (Å²) in [4.78, 5) is 13.5. The largest absolute Gasteiger partial charge is 0.480 e. The van der Waals surface area contributed by atoms with Gasteiger partial charge < -0.3 is 9.64 Å². The summed E-state index contributed by atoms with van der Waals surface area (Å²) >= 11 is 0. The molecule has 0 radical (unpaired) electrons. The number of benzene rings is 1. The van der Waals surface area contributed by atoms with Gasteiger partial charge in [-0.2, -0.15) is 0 Å². The lowest BCUT2D eigenvalue weighted by Gasteiger charge is -2.34. The Labute approximate surface area is 141 Å².